The third-order valence-corrected chi connectivity index (χ3v) is 6.10. The lowest BCUT2D eigenvalue weighted by Crippen LogP contribution is -2.15. The van der Waals surface area contributed by atoms with Crippen LogP contribution in [0.25, 0.3) is 0 Å². The molecule has 1 saturated carbocycles. The van der Waals surface area contributed by atoms with Crippen molar-refractivity contribution in [1.82, 2.24) is 0 Å². The van der Waals surface area contributed by atoms with E-state index in [-0.39, 0.29) is 6.61 Å². The first-order valence-electron chi connectivity index (χ1n) is 10.4. The van der Waals surface area contributed by atoms with Gasteiger partial charge in [-0.05, 0) is 54.6 Å². The van der Waals surface area contributed by atoms with E-state index in [2.05, 4.69) is 38.1 Å². The molecule has 0 bridgehead atoms. The lowest BCUT2D eigenvalue weighted by molar-refractivity contribution is 0.185. The molecule has 135 valence electrons. The highest BCUT2D eigenvalue weighted by Gasteiger charge is 2.20. The van der Waals surface area contributed by atoms with Crippen molar-refractivity contribution < 1.29 is 5.11 Å². The first-order valence-corrected chi connectivity index (χ1v) is 10.4. The lowest BCUT2D eigenvalue weighted by atomic mass is 9.78. The molecule has 1 aromatic carbocycles. The fraction of sp³-hybridized carbons (Fsp3) is 0.739. The van der Waals surface area contributed by atoms with E-state index < -0.39 is 0 Å². The third-order valence-electron chi connectivity index (χ3n) is 6.10. The monoisotopic (exact) mass is 329 g/mol. The maximum Gasteiger partial charge on any atom is 0.0822 e. The summed E-state index contributed by atoms with van der Waals surface area (Å²) in [5.74, 6) is 2.50. The zero-order valence-corrected chi connectivity index (χ0v) is 15.9. The summed E-state index contributed by atoms with van der Waals surface area (Å²) < 4.78 is 0. The molecule has 0 aromatic heterocycles. The van der Waals surface area contributed by atoms with Crippen LogP contribution in [0.2, 0.25) is 0 Å². The maximum absolute atomic E-state index is 10.6. The molecule has 1 aliphatic rings. The van der Waals surface area contributed by atoms with Gasteiger partial charge in [0.1, 0.15) is 0 Å². The molecule has 1 aromatic rings. The van der Waals surface area contributed by atoms with Crippen molar-refractivity contribution >= 4 is 0 Å². The summed E-state index contributed by atoms with van der Waals surface area (Å²) in [5, 5.41) is 10.6. The predicted octanol–water partition coefficient (Wildman–Crippen LogP) is 6.93. The molecule has 1 nitrogen and oxygen atoms in total. The van der Waals surface area contributed by atoms with Gasteiger partial charge in [0.25, 0.3) is 0 Å². The van der Waals surface area contributed by atoms with Gasteiger partial charge in [-0.15, -0.1) is 0 Å². The van der Waals surface area contributed by atoms with Crippen LogP contribution in [0.1, 0.15) is 95.1 Å². The topological polar surface area (TPSA) is 19.9 Å². The smallest absolute Gasteiger partial charge is 0.0822 e. The Balaban J connectivity index is 1.69. The zero-order chi connectivity index (χ0) is 17.2. The Kier molecular flexibility index (Phi) is 8.88. The molecule has 0 N–H and O–H groups in total. The summed E-state index contributed by atoms with van der Waals surface area (Å²) in [6.07, 6.45) is 14.5. The van der Waals surface area contributed by atoms with Crippen LogP contribution in [-0.4, -0.2) is 6.61 Å². The van der Waals surface area contributed by atoms with Crippen LogP contribution in [-0.2, 0) is 11.5 Å². The molecule has 1 heteroatoms. The fourth-order valence-electron chi connectivity index (χ4n) is 4.24. The molecule has 0 amide bonds. The van der Waals surface area contributed by atoms with Crippen molar-refractivity contribution in [3.05, 3.63) is 35.4 Å². The van der Waals surface area contributed by atoms with Crippen molar-refractivity contribution in [2.24, 2.45) is 11.8 Å². The minimum atomic E-state index is 0.0586. The molecular weight excluding hydrogens is 292 g/mol. The lowest BCUT2D eigenvalue weighted by Gasteiger charge is -2.28. The second-order valence-electron chi connectivity index (χ2n) is 8.06. The van der Waals surface area contributed by atoms with Crippen LogP contribution in [0.3, 0.4) is 0 Å². The van der Waals surface area contributed by atoms with Gasteiger partial charge in [-0.2, -0.15) is 0 Å². The molecule has 0 saturated heterocycles. The molecule has 1 fully saturated rings. The first-order chi connectivity index (χ1) is 11.7. The van der Waals surface area contributed by atoms with Gasteiger partial charge < -0.3 is 0 Å². The number of benzene rings is 1. The minimum Gasteiger partial charge on any atom is -0.237 e. The Morgan fingerprint density at radius 3 is 2.17 bits per heavy atom. The van der Waals surface area contributed by atoms with Gasteiger partial charge in [-0.3, -0.25) is 0 Å². The normalized spacial score (nSPS) is 22.5. The number of unbranched alkanes of at least 4 members (excludes halogenated alkanes) is 1. The summed E-state index contributed by atoms with van der Waals surface area (Å²) in [5.41, 5.74) is 2.88. The highest BCUT2D eigenvalue weighted by molar-refractivity contribution is 5.25. The first kappa shape index (κ1) is 19.5. The van der Waals surface area contributed by atoms with E-state index in [1.54, 1.807) is 0 Å². The molecule has 1 unspecified atom stereocenters. The molecule has 0 aliphatic heterocycles. The Morgan fingerprint density at radius 2 is 1.58 bits per heavy atom. The van der Waals surface area contributed by atoms with Crippen molar-refractivity contribution in [3.8, 4) is 0 Å². The molecular formula is C23H37O. The minimum absolute atomic E-state index is 0.0586. The van der Waals surface area contributed by atoms with E-state index in [9.17, 15) is 5.11 Å². The molecule has 0 heterocycles. The van der Waals surface area contributed by atoms with Gasteiger partial charge in [-0.25, -0.2) is 5.11 Å². The summed E-state index contributed by atoms with van der Waals surface area (Å²) in [6.45, 7) is 4.60. The van der Waals surface area contributed by atoms with Crippen LogP contribution in [0, 0.1) is 11.8 Å². The van der Waals surface area contributed by atoms with E-state index in [1.165, 1.54) is 68.9 Å². The number of hydrogen-bond acceptors (Lipinski definition) is 0. The maximum atomic E-state index is 10.6. The summed E-state index contributed by atoms with van der Waals surface area (Å²) in [4.78, 5) is 0. The van der Waals surface area contributed by atoms with E-state index in [1.807, 2.05) is 0 Å². The SMILES string of the molecule is CCCC[C@H]1CC[C@H](CCc2ccc(C(C)CCC[O])cc2)CC1. The van der Waals surface area contributed by atoms with Gasteiger partial charge in [0.05, 0.1) is 6.61 Å². The van der Waals surface area contributed by atoms with Crippen molar-refractivity contribution in [2.75, 3.05) is 6.61 Å². The molecule has 2 rings (SSSR count). The highest BCUT2D eigenvalue weighted by atomic mass is 16.2. The van der Waals surface area contributed by atoms with Crippen molar-refractivity contribution in [3.63, 3.8) is 0 Å². The van der Waals surface area contributed by atoms with E-state index in [0.717, 1.165) is 24.7 Å². The molecule has 24 heavy (non-hydrogen) atoms. The van der Waals surface area contributed by atoms with E-state index >= 15 is 0 Å². The van der Waals surface area contributed by atoms with Crippen LogP contribution in [0.5, 0.6) is 0 Å². The van der Waals surface area contributed by atoms with Crippen LogP contribution >= 0.6 is 0 Å². The average Bonchev–Trinajstić information content (AvgIpc) is 2.64. The Labute approximate surface area is 149 Å². The highest BCUT2D eigenvalue weighted by Crippen LogP contribution is 2.34. The average molecular weight is 330 g/mol. The molecule has 1 radical (unpaired) electrons. The second kappa shape index (κ2) is 10.9. The summed E-state index contributed by atoms with van der Waals surface area (Å²) >= 11 is 0. The summed E-state index contributed by atoms with van der Waals surface area (Å²) in [6, 6.07) is 9.20. The fourth-order valence-corrected chi connectivity index (χ4v) is 4.24. The Bertz CT molecular complexity index is 428. The largest absolute Gasteiger partial charge is 0.237 e. The van der Waals surface area contributed by atoms with Gasteiger partial charge in [-0.1, -0.05) is 83.1 Å². The van der Waals surface area contributed by atoms with Crippen molar-refractivity contribution in [2.45, 2.75) is 90.4 Å². The van der Waals surface area contributed by atoms with Crippen LogP contribution in [0.15, 0.2) is 24.3 Å². The number of aryl methyl sites for hydroxylation is 1. The van der Waals surface area contributed by atoms with E-state index in [4.69, 9.17) is 0 Å². The standard InChI is InChI=1S/C23H37O/c1-3-4-7-20-8-10-21(11-9-20)12-13-22-14-16-23(17-15-22)19(2)6-5-18-24/h14-17,19-21H,3-13,18H2,1-2H3/t19?,20-,21-. The quantitative estimate of drug-likeness (QED) is 0.443. The Hall–Kier alpha value is -0.820. The van der Waals surface area contributed by atoms with Crippen molar-refractivity contribution in [1.29, 1.82) is 0 Å². The predicted molar refractivity (Wildman–Crippen MR) is 103 cm³/mol. The van der Waals surface area contributed by atoms with Crippen LogP contribution in [0.4, 0.5) is 0 Å². The molecule has 0 spiro atoms. The Morgan fingerprint density at radius 1 is 0.958 bits per heavy atom. The third kappa shape index (κ3) is 6.59. The number of rotatable bonds is 10. The van der Waals surface area contributed by atoms with Gasteiger partial charge in [0.2, 0.25) is 0 Å². The van der Waals surface area contributed by atoms with Gasteiger partial charge in [0, 0.05) is 0 Å². The number of hydrogen-bond donors (Lipinski definition) is 0. The van der Waals surface area contributed by atoms with Gasteiger partial charge >= 0.3 is 0 Å². The van der Waals surface area contributed by atoms with E-state index in [0.29, 0.717) is 5.92 Å². The zero-order valence-electron chi connectivity index (χ0n) is 15.9. The second-order valence-corrected chi connectivity index (χ2v) is 8.06. The molecule has 1 aliphatic carbocycles. The van der Waals surface area contributed by atoms with Gasteiger partial charge in [0.15, 0.2) is 0 Å². The van der Waals surface area contributed by atoms with Crippen LogP contribution < -0.4 is 0 Å². The molecule has 1 atom stereocenters. The summed E-state index contributed by atoms with van der Waals surface area (Å²) in [7, 11) is 0.